The van der Waals surface area contributed by atoms with Crippen molar-refractivity contribution >= 4 is 16.0 Å². The summed E-state index contributed by atoms with van der Waals surface area (Å²) in [5.74, 6) is 1.52. The van der Waals surface area contributed by atoms with Crippen LogP contribution in [0, 0.1) is 19.8 Å². The molecule has 0 spiro atoms. The first kappa shape index (κ1) is 23.6. The van der Waals surface area contributed by atoms with E-state index in [1.165, 1.54) is 0 Å². The van der Waals surface area contributed by atoms with Crippen molar-refractivity contribution < 1.29 is 13.2 Å². The van der Waals surface area contributed by atoms with Crippen molar-refractivity contribution in [1.29, 1.82) is 0 Å². The average molecular weight is 425 g/mol. The van der Waals surface area contributed by atoms with Crippen LogP contribution in [0.25, 0.3) is 0 Å². The van der Waals surface area contributed by atoms with E-state index in [0.717, 1.165) is 62.7 Å². The maximum absolute atomic E-state index is 12.6. The van der Waals surface area contributed by atoms with E-state index >= 15 is 0 Å². The topological polar surface area (TPSA) is 83.0 Å². The normalized spacial score (nSPS) is 16.1. The van der Waals surface area contributed by atoms with Gasteiger partial charge in [0.1, 0.15) is 0 Å². The zero-order chi connectivity index (χ0) is 21.3. The van der Waals surface area contributed by atoms with Crippen molar-refractivity contribution in [3.8, 4) is 0 Å². The van der Waals surface area contributed by atoms with E-state index in [-0.39, 0.29) is 6.54 Å². The smallest absolute Gasteiger partial charge is 0.240 e. The van der Waals surface area contributed by atoms with Crippen LogP contribution < -0.4 is 10.0 Å². The monoisotopic (exact) mass is 424 g/mol. The molecule has 2 rings (SSSR count). The Balaban J connectivity index is 1.88. The van der Waals surface area contributed by atoms with Crippen molar-refractivity contribution in [2.45, 2.75) is 44.9 Å². The standard InChI is InChI=1S/C21H36N4O3S/c1-5-22-21(25(4)13-8-19-9-14-28-15-10-19)23-11-12-24-29(26,27)20-16-17(2)6-7-18(20)3/h6-7,16,19,24H,5,8-15H2,1-4H3,(H,22,23). The first-order valence-corrected chi connectivity index (χ1v) is 12.0. The molecular formula is C21H36N4O3S. The Kier molecular flexibility index (Phi) is 9.39. The number of guanidine groups is 1. The maximum atomic E-state index is 12.6. The van der Waals surface area contributed by atoms with E-state index in [1.807, 2.05) is 40.0 Å². The van der Waals surface area contributed by atoms with Crippen LogP contribution in [-0.4, -0.2) is 65.7 Å². The highest BCUT2D eigenvalue weighted by Crippen LogP contribution is 2.18. The molecular weight excluding hydrogens is 388 g/mol. The zero-order valence-electron chi connectivity index (χ0n) is 18.2. The summed E-state index contributed by atoms with van der Waals surface area (Å²) in [4.78, 5) is 7.05. The van der Waals surface area contributed by atoms with Gasteiger partial charge in [0.25, 0.3) is 0 Å². The highest BCUT2D eigenvalue weighted by molar-refractivity contribution is 7.89. The molecule has 8 heteroatoms. The summed E-state index contributed by atoms with van der Waals surface area (Å²) in [6, 6.07) is 5.45. The molecule has 0 unspecified atom stereocenters. The minimum absolute atomic E-state index is 0.262. The number of aliphatic imine (C=N–C) groups is 1. The summed E-state index contributed by atoms with van der Waals surface area (Å²) in [5.41, 5.74) is 1.67. The number of rotatable bonds is 9. The van der Waals surface area contributed by atoms with Crippen LogP contribution in [0.4, 0.5) is 0 Å². The molecule has 1 heterocycles. The lowest BCUT2D eigenvalue weighted by atomic mass is 9.96. The summed E-state index contributed by atoms with van der Waals surface area (Å²) >= 11 is 0. The Morgan fingerprint density at radius 2 is 2.00 bits per heavy atom. The van der Waals surface area contributed by atoms with E-state index in [9.17, 15) is 8.42 Å². The third-order valence-electron chi connectivity index (χ3n) is 5.21. The molecule has 0 amide bonds. The van der Waals surface area contributed by atoms with Crippen LogP contribution in [0.2, 0.25) is 0 Å². The first-order chi connectivity index (χ1) is 13.8. The molecule has 7 nitrogen and oxygen atoms in total. The Hall–Kier alpha value is -1.64. The van der Waals surface area contributed by atoms with Crippen molar-refractivity contribution in [2.75, 3.05) is 46.4 Å². The first-order valence-electron chi connectivity index (χ1n) is 10.5. The molecule has 0 aromatic heterocycles. The average Bonchev–Trinajstić information content (AvgIpc) is 2.71. The van der Waals surface area contributed by atoms with E-state index in [0.29, 0.717) is 17.4 Å². The van der Waals surface area contributed by atoms with Crippen LogP contribution >= 0.6 is 0 Å². The third-order valence-corrected chi connectivity index (χ3v) is 6.81. The van der Waals surface area contributed by atoms with Crippen LogP contribution in [0.5, 0.6) is 0 Å². The molecule has 29 heavy (non-hydrogen) atoms. The van der Waals surface area contributed by atoms with Crippen molar-refractivity contribution in [2.24, 2.45) is 10.9 Å². The lowest BCUT2D eigenvalue weighted by Crippen LogP contribution is -2.40. The minimum Gasteiger partial charge on any atom is -0.381 e. The number of aryl methyl sites for hydroxylation is 2. The predicted octanol–water partition coefficient (Wildman–Crippen LogP) is 2.30. The summed E-state index contributed by atoms with van der Waals surface area (Å²) in [6.45, 7) is 9.80. The molecule has 1 aliphatic rings. The Morgan fingerprint density at radius 1 is 1.28 bits per heavy atom. The number of nitrogens with one attached hydrogen (secondary N) is 2. The van der Waals surface area contributed by atoms with Gasteiger partial charge in [-0.2, -0.15) is 0 Å². The van der Waals surface area contributed by atoms with Crippen molar-refractivity contribution in [3.63, 3.8) is 0 Å². The zero-order valence-corrected chi connectivity index (χ0v) is 19.0. The molecule has 0 radical (unpaired) electrons. The largest absolute Gasteiger partial charge is 0.381 e. The Morgan fingerprint density at radius 3 is 2.69 bits per heavy atom. The van der Waals surface area contributed by atoms with E-state index in [4.69, 9.17) is 4.74 Å². The van der Waals surface area contributed by atoms with Gasteiger partial charge in [-0.15, -0.1) is 0 Å². The fraction of sp³-hybridized carbons (Fsp3) is 0.667. The molecule has 164 valence electrons. The van der Waals surface area contributed by atoms with Gasteiger partial charge in [-0.1, -0.05) is 12.1 Å². The van der Waals surface area contributed by atoms with Gasteiger partial charge in [0.05, 0.1) is 11.4 Å². The van der Waals surface area contributed by atoms with E-state index < -0.39 is 10.0 Å². The number of nitrogens with zero attached hydrogens (tertiary/aromatic N) is 2. The van der Waals surface area contributed by atoms with Gasteiger partial charge in [0.2, 0.25) is 10.0 Å². The summed E-state index contributed by atoms with van der Waals surface area (Å²) in [5, 5.41) is 3.29. The molecule has 1 aromatic rings. The lowest BCUT2D eigenvalue weighted by Gasteiger charge is -2.26. The van der Waals surface area contributed by atoms with Crippen LogP contribution in [0.1, 0.15) is 37.3 Å². The third kappa shape index (κ3) is 7.60. The van der Waals surface area contributed by atoms with E-state index in [1.54, 1.807) is 6.07 Å². The lowest BCUT2D eigenvalue weighted by molar-refractivity contribution is 0.0625. The highest BCUT2D eigenvalue weighted by atomic mass is 32.2. The van der Waals surface area contributed by atoms with Gasteiger partial charge in [-0.25, -0.2) is 13.1 Å². The minimum atomic E-state index is -3.53. The molecule has 1 aliphatic heterocycles. The van der Waals surface area contributed by atoms with Gasteiger partial charge in [-0.05, 0) is 63.1 Å². The summed E-state index contributed by atoms with van der Waals surface area (Å²) < 4.78 is 33.3. The van der Waals surface area contributed by atoms with Gasteiger partial charge >= 0.3 is 0 Å². The molecule has 0 bridgehead atoms. The maximum Gasteiger partial charge on any atom is 0.240 e. The molecule has 0 atom stereocenters. The van der Waals surface area contributed by atoms with Crippen LogP contribution in [0.3, 0.4) is 0 Å². The number of hydrogen-bond donors (Lipinski definition) is 2. The summed E-state index contributed by atoms with van der Waals surface area (Å²) in [6.07, 6.45) is 3.37. The fourth-order valence-corrected chi connectivity index (χ4v) is 4.75. The number of benzene rings is 1. The second-order valence-corrected chi connectivity index (χ2v) is 9.40. The Bertz CT molecular complexity index is 774. The fourth-order valence-electron chi connectivity index (χ4n) is 3.40. The molecule has 0 saturated carbocycles. The molecule has 1 fully saturated rings. The number of sulfonamides is 1. The molecule has 0 aliphatic carbocycles. The Labute approximate surface area is 176 Å². The van der Waals surface area contributed by atoms with Gasteiger partial charge in [0, 0.05) is 39.9 Å². The predicted molar refractivity (Wildman–Crippen MR) is 118 cm³/mol. The van der Waals surface area contributed by atoms with Crippen LogP contribution in [0.15, 0.2) is 28.1 Å². The molecule has 1 aromatic carbocycles. The number of hydrogen-bond acceptors (Lipinski definition) is 4. The summed E-state index contributed by atoms with van der Waals surface area (Å²) in [7, 11) is -1.50. The number of ether oxygens (including phenoxy) is 1. The SMILES string of the molecule is CCNC(=NCCNS(=O)(=O)c1cc(C)ccc1C)N(C)CCC1CCOCC1. The van der Waals surface area contributed by atoms with Gasteiger partial charge < -0.3 is 15.0 Å². The van der Waals surface area contributed by atoms with Gasteiger partial charge in [0.15, 0.2) is 5.96 Å². The molecule has 1 saturated heterocycles. The van der Waals surface area contributed by atoms with E-state index in [2.05, 4.69) is 19.9 Å². The van der Waals surface area contributed by atoms with Crippen LogP contribution in [-0.2, 0) is 14.8 Å². The quantitative estimate of drug-likeness (QED) is 0.361. The van der Waals surface area contributed by atoms with Crippen molar-refractivity contribution in [1.82, 2.24) is 14.9 Å². The van der Waals surface area contributed by atoms with Gasteiger partial charge in [-0.3, -0.25) is 4.99 Å². The highest BCUT2D eigenvalue weighted by Gasteiger charge is 2.17. The second kappa shape index (κ2) is 11.5. The van der Waals surface area contributed by atoms with Crippen molar-refractivity contribution in [3.05, 3.63) is 29.3 Å². The molecule has 2 N–H and O–H groups in total. The second-order valence-electron chi connectivity index (χ2n) is 7.67.